The predicted octanol–water partition coefficient (Wildman–Crippen LogP) is -6.16. The summed E-state index contributed by atoms with van der Waals surface area (Å²) >= 11 is 0. The average molecular weight is 508 g/mol. The van der Waals surface area contributed by atoms with Crippen LogP contribution in [0.3, 0.4) is 0 Å². The van der Waals surface area contributed by atoms with E-state index in [0.717, 1.165) is 14.1 Å². The summed E-state index contributed by atoms with van der Waals surface area (Å²) in [4.78, 5) is 74.0. The molecule has 2 aliphatic heterocycles. The van der Waals surface area contributed by atoms with E-state index in [4.69, 9.17) is 11.5 Å². The zero-order chi connectivity index (χ0) is 25.0. The van der Waals surface area contributed by atoms with Gasteiger partial charge < -0.3 is 41.5 Å². The van der Waals surface area contributed by atoms with Crippen molar-refractivity contribution in [2.45, 2.75) is 0 Å². The second-order valence-corrected chi connectivity index (χ2v) is 6.74. The van der Waals surface area contributed by atoms with Crippen LogP contribution in [0.4, 0.5) is 19.2 Å². The van der Waals surface area contributed by atoms with Crippen molar-refractivity contribution in [2.75, 3.05) is 40.5 Å². The molecular weight excluding hydrogens is 486 g/mol. The molecular formula is C14H22N8Na2O10. The van der Waals surface area contributed by atoms with Crippen LogP contribution in [0.2, 0.25) is 0 Å². The van der Waals surface area contributed by atoms with Crippen molar-refractivity contribution < 1.29 is 58.2 Å². The number of imide groups is 2. The van der Waals surface area contributed by atoms with Crippen molar-refractivity contribution >= 4 is 107 Å². The minimum atomic E-state index is -1.57. The number of hydrogen-bond donors (Lipinski definition) is 4. The summed E-state index contributed by atoms with van der Waals surface area (Å²) in [6.45, 7) is -2.53. The molecule has 2 atom stereocenters. The summed E-state index contributed by atoms with van der Waals surface area (Å²) in [6, 6.07) is -5.47. The molecule has 18 nitrogen and oxygen atoms in total. The number of quaternary nitrogens is 2. The van der Waals surface area contributed by atoms with Crippen molar-refractivity contribution in [2.24, 2.45) is 21.5 Å². The fourth-order valence-corrected chi connectivity index (χ4v) is 2.53. The van der Waals surface area contributed by atoms with Crippen LogP contribution in [-0.4, -0.2) is 177 Å². The Kier molecular flexibility index (Phi) is 12.9. The molecule has 2 aliphatic rings. The van der Waals surface area contributed by atoms with E-state index >= 15 is 0 Å². The molecule has 34 heavy (non-hydrogen) atoms. The molecule has 8 amide bonds. The van der Waals surface area contributed by atoms with Gasteiger partial charge in [0.1, 0.15) is 26.4 Å². The van der Waals surface area contributed by atoms with E-state index in [-0.39, 0.29) is 59.1 Å². The molecule has 0 fully saturated rings. The monoisotopic (exact) mass is 508 g/mol. The molecule has 20 heteroatoms. The number of amidine groups is 2. The Labute approximate surface area is 235 Å². The topological polar surface area (TPSA) is 272 Å². The van der Waals surface area contributed by atoms with Gasteiger partial charge in [0.2, 0.25) is 0 Å². The number of likely N-dealkylation sites (N-methyl/N-ethyl adjacent to an activating group) is 2. The zero-order valence-electron chi connectivity index (χ0n) is 16.8. The first-order valence-corrected chi connectivity index (χ1v) is 8.39. The molecule has 0 aliphatic carbocycles. The summed E-state index contributed by atoms with van der Waals surface area (Å²) in [6.07, 6.45) is 0. The number of carboxylic acids is 2. The molecule has 180 valence electrons. The summed E-state index contributed by atoms with van der Waals surface area (Å²) in [5, 5.41) is 39.7. The predicted molar refractivity (Wildman–Crippen MR) is 110 cm³/mol. The first-order valence-electron chi connectivity index (χ1n) is 8.39. The number of rotatable bonds is 4. The number of nitrogens with zero attached hydrogens (tertiary/aromatic N) is 6. The van der Waals surface area contributed by atoms with E-state index in [0.29, 0.717) is 9.80 Å². The van der Waals surface area contributed by atoms with Gasteiger partial charge >= 0.3 is 95.3 Å². The number of urea groups is 4. The molecule has 0 bridgehead atoms. The van der Waals surface area contributed by atoms with Gasteiger partial charge in [0.15, 0.2) is 0 Å². The quantitative estimate of drug-likeness (QED) is 0.206. The second-order valence-electron chi connectivity index (χ2n) is 6.74. The molecule has 0 saturated heterocycles. The van der Waals surface area contributed by atoms with Crippen LogP contribution in [-0.2, 0) is 9.59 Å². The molecule has 0 saturated carbocycles. The van der Waals surface area contributed by atoms with Gasteiger partial charge in [-0.2, -0.15) is 28.8 Å². The van der Waals surface area contributed by atoms with Crippen LogP contribution in [0, 0.1) is 0 Å². The SMILES string of the molecule is C[N+]1(CC(=O)[O-])C(=O)N(C(N)=O)CN=C1O.C[N+]1(CC(=O)[O-])C(=O)N(C(N)=O)CN=C1O.[NaH].[NaH]. The Morgan fingerprint density at radius 1 is 0.824 bits per heavy atom. The first kappa shape index (κ1) is 33.9. The number of aliphatic carboxylic acids is 2. The van der Waals surface area contributed by atoms with E-state index in [9.17, 15) is 49.2 Å². The number of carboxylic acid groups (broad SMARTS) is 2. The summed E-state index contributed by atoms with van der Waals surface area (Å²) in [5.74, 6) is -3.13. The van der Waals surface area contributed by atoms with Crippen LogP contribution < -0.4 is 21.7 Å². The molecule has 0 spiro atoms. The van der Waals surface area contributed by atoms with Gasteiger partial charge in [-0.1, -0.05) is 0 Å². The van der Waals surface area contributed by atoms with Crippen LogP contribution >= 0.6 is 0 Å². The fourth-order valence-electron chi connectivity index (χ4n) is 2.53. The van der Waals surface area contributed by atoms with Gasteiger partial charge in [0.05, 0.1) is 26.0 Å². The standard InChI is InChI=1S/2C7H10N4O5.2Na.2H/c2*1-11(2-4(12)13)6(15)9-3-10(5(8)14)7(11)16;;;;/h2*2-3H2,1H3,(H3-,8,9,12,13,14,15);;;;. The Bertz CT molecular complexity index is 869. The molecule has 0 aromatic carbocycles. The van der Waals surface area contributed by atoms with Crippen LogP contribution in [0.25, 0.3) is 0 Å². The number of amides is 8. The first-order chi connectivity index (χ1) is 14.6. The van der Waals surface area contributed by atoms with Gasteiger partial charge in [-0.25, -0.2) is 19.2 Å². The zero-order valence-corrected chi connectivity index (χ0v) is 16.8. The Balaban J connectivity index is 0. The van der Waals surface area contributed by atoms with Crippen molar-refractivity contribution in [3.05, 3.63) is 0 Å². The number of aliphatic hydroxyl groups excluding tert-OH is 2. The van der Waals surface area contributed by atoms with Gasteiger partial charge in [-0.15, -0.1) is 0 Å². The fraction of sp³-hybridized carbons (Fsp3) is 0.429. The third-order valence-electron chi connectivity index (χ3n) is 4.32. The van der Waals surface area contributed by atoms with Crippen molar-refractivity contribution in [3.8, 4) is 0 Å². The molecule has 2 heterocycles. The molecule has 2 rings (SSSR count). The van der Waals surface area contributed by atoms with E-state index in [2.05, 4.69) is 9.98 Å². The van der Waals surface area contributed by atoms with Gasteiger partial charge in [-0.05, 0) is 0 Å². The Morgan fingerprint density at radius 3 is 1.29 bits per heavy atom. The third kappa shape index (κ3) is 7.34. The number of carbonyl (C=O) groups is 6. The summed E-state index contributed by atoms with van der Waals surface area (Å²) < 4.78 is -2.16. The summed E-state index contributed by atoms with van der Waals surface area (Å²) in [7, 11) is 2.18. The number of primary amides is 2. The number of carbonyl (C=O) groups excluding carboxylic acids is 6. The van der Waals surface area contributed by atoms with E-state index in [1.54, 1.807) is 0 Å². The maximum absolute atomic E-state index is 11.7. The number of hydrogen-bond acceptors (Lipinski definition) is 10. The van der Waals surface area contributed by atoms with E-state index in [1.807, 2.05) is 0 Å². The minimum absolute atomic E-state index is 0. The van der Waals surface area contributed by atoms with Crippen molar-refractivity contribution in [3.63, 3.8) is 0 Å². The van der Waals surface area contributed by atoms with Crippen LogP contribution in [0.5, 0.6) is 0 Å². The van der Waals surface area contributed by atoms with Crippen LogP contribution in [0.15, 0.2) is 9.98 Å². The van der Waals surface area contributed by atoms with E-state index < -0.39 is 83.5 Å². The molecule has 0 aromatic heterocycles. The van der Waals surface area contributed by atoms with E-state index in [1.165, 1.54) is 0 Å². The number of aliphatic imine (C=N–C) groups is 2. The normalized spacial score (nSPS) is 23.7. The van der Waals surface area contributed by atoms with Crippen LogP contribution in [0.1, 0.15) is 0 Å². The maximum atomic E-state index is 11.7. The van der Waals surface area contributed by atoms with Gasteiger partial charge in [0, 0.05) is 0 Å². The number of nitrogens with two attached hydrogens (primary N) is 2. The average Bonchev–Trinajstić information content (AvgIpc) is 2.64. The number of aliphatic hydroxyl groups is 2. The van der Waals surface area contributed by atoms with Crippen molar-refractivity contribution in [1.82, 2.24) is 9.80 Å². The van der Waals surface area contributed by atoms with Gasteiger partial charge in [-0.3, -0.25) is 0 Å². The van der Waals surface area contributed by atoms with Crippen molar-refractivity contribution in [1.29, 1.82) is 0 Å². The molecule has 0 aromatic rings. The third-order valence-corrected chi connectivity index (χ3v) is 4.32. The second kappa shape index (κ2) is 13.0. The molecule has 6 N–H and O–H groups in total. The molecule has 2 unspecified atom stereocenters. The summed E-state index contributed by atoms with van der Waals surface area (Å²) in [5.41, 5.74) is 9.79. The Morgan fingerprint density at radius 2 is 1.09 bits per heavy atom. The molecule has 0 radical (unpaired) electrons. The van der Waals surface area contributed by atoms with Gasteiger partial charge in [0.25, 0.3) is 0 Å². The Hall–Kier alpha value is -2.32.